The van der Waals surface area contributed by atoms with E-state index in [4.69, 9.17) is 9.84 Å². The minimum Gasteiger partial charge on any atom is -0.478 e. The van der Waals surface area contributed by atoms with Gasteiger partial charge in [0.25, 0.3) is 0 Å². The molecule has 0 radical (unpaired) electrons. The molecule has 0 bridgehead atoms. The predicted octanol–water partition coefficient (Wildman–Crippen LogP) is 4.08. The van der Waals surface area contributed by atoms with Crippen LogP contribution in [-0.4, -0.2) is 11.1 Å². The van der Waals surface area contributed by atoms with E-state index in [0.717, 1.165) is 0 Å². The van der Waals surface area contributed by atoms with E-state index >= 15 is 0 Å². The molecule has 0 aliphatic rings. The van der Waals surface area contributed by atoms with E-state index in [-0.39, 0.29) is 17.1 Å². The first-order chi connectivity index (χ1) is 8.58. The second-order valence-electron chi connectivity index (χ2n) is 3.48. The highest BCUT2D eigenvalue weighted by molar-refractivity contribution is 9.10. The lowest BCUT2D eigenvalue weighted by molar-refractivity contribution is 0.0694. The fraction of sp³-hybridized carbons (Fsp3) is 0. The molecule has 0 aromatic heterocycles. The summed E-state index contributed by atoms with van der Waals surface area (Å²) in [7, 11) is 0. The summed E-state index contributed by atoms with van der Waals surface area (Å²) in [6, 6.07) is 10.1. The zero-order valence-electron chi connectivity index (χ0n) is 9.06. The SMILES string of the molecule is O=C(O)c1ccccc1Oc1cc(F)ccc1Br. The highest BCUT2D eigenvalue weighted by Gasteiger charge is 2.12. The number of ether oxygens (including phenoxy) is 1. The summed E-state index contributed by atoms with van der Waals surface area (Å²) in [5.41, 5.74) is 0.0219. The van der Waals surface area contributed by atoms with Crippen LogP contribution < -0.4 is 4.74 Å². The molecule has 1 N–H and O–H groups in total. The summed E-state index contributed by atoms with van der Waals surface area (Å²) in [6.45, 7) is 0. The van der Waals surface area contributed by atoms with Gasteiger partial charge in [-0.25, -0.2) is 9.18 Å². The molecule has 0 aliphatic carbocycles. The summed E-state index contributed by atoms with van der Waals surface area (Å²) in [5.74, 6) is -1.17. The molecule has 3 nitrogen and oxygen atoms in total. The van der Waals surface area contributed by atoms with Crippen molar-refractivity contribution in [1.29, 1.82) is 0 Å². The predicted molar refractivity (Wildman–Crippen MR) is 67.6 cm³/mol. The maximum atomic E-state index is 13.1. The molecule has 0 heterocycles. The number of hydrogen-bond acceptors (Lipinski definition) is 2. The van der Waals surface area contributed by atoms with Crippen molar-refractivity contribution in [2.75, 3.05) is 0 Å². The molecule has 2 rings (SSSR count). The topological polar surface area (TPSA) is 46.5 Å². The highest BCUT2D eigenvalue weighted by Crippen LogP contribution is 2.31. The Balaban J connectivity index is 2.40. The molecule has 0 aliphatic heterocycles. The van der Waals surface area contributed by atoms with Gasteiger partial charge in [0.15, 0.2) is 0 Å². The minimum absolute atomic E-state index is 0.0219. The molecule has 2 aromatic rings. The molecule has 18 heavy (non-hydrogen) atoms. The summed E-state index contributed by atoms with van der Waals surface area (Å²) in [5, 5.41) is 9.00. The maximum absolute atomic E-state index is 13.1. The van der Waals surface area contributed by atoms with Crippen LogP contribution in [0.25, 0.3) is 0 Å². The Morgan fingerprint density at radius 2 is 1.89 bits per heavy atom. The third-order valence-corrected chi connectivity index (χ3v) is 2.89. The van der Waals surface area contributed by atoms with Crippen molar-refractivity contribution in [3.05, 3.63) is 58.3 Å². The van der Waals surface area contributed by atoms with Crippen LogP contribution in [0, 0.1) is 5.82 Å². The minimum atomic E-state index is -1.10. The third-order valence-electron chi connectivity index (χ3n) is 2.23. The molecule has 0 amide bonds. The Labute approximate surface area is 111 Å². The van der Waals surface area contributed by atoms with Gasteiger partial charge in [-0.3, -0.25) is 0 Å². The van der Waals surface area contributed by atoms with Crippen LogP contribution in [0.15, 0.2) is 46.9 Å². The second kappa shape index (κ2) is 5.18. The van der Waals surface area contributed by atoms with E-state index in [2.05, 4.69) is 15.9 Å². The van der Waals surface area contributed by atoms with Gasteiger partial charge < -0.3 is 9.84 Å². The zero-order valence-corrected chi connectivity index (χ0v) is 10.6. The number of carboxylic acids is 1. The first kappa shape index (κ1) is 12.6. The Bertz CT molecular complexity index is 599. The molecule has 0 atom stereocenters. The van der Waals surface area contributed by atoms with Gasteiger partial charge in [-0.15, -0.1) is 0 Å². The quantitative estimate of drug-likeness (QED) is 0.929. The first-order valence-electron chi connectivity index (χ1n) is 5.03. The van der Waals surface area contributed by atoms with E-state index in [1.165, 1.54) is 30.3 Å². The maximum Gasteiger partial charge on any atom is 0.339 e. The highest BCUT2D eigenvalue weighted by atomic mass is 79.9. The summed E-state index contributed by atoms with van der Waals surface area (Å²) in [4.78, 5) is 11.0. The number of aromatic carboxylic acids is 1. The van der Waals surface area contributed by atoms with Gasteiger partial charge >= 0.3 is 5.97 Å². The monoisotopic (exact) mass is 310 g/mol. The number of hydrogen-bond donors (Lipinski definition) is 1. The number of benzene rings is 2. The molecular formula is C13H8BrFO3. The molecule has 92 valence electrons. The smallest absolute Gasteiger partial charge is 0.339 e. The number of carbonyl (C=O) groups is 1. The lowest BCUT2D eigenvalue weighted by atomic mass is 10.2. The van der Waals surface area contributed by atoms with E-state index in [9.17, 15) is 9.18 Å². The Hall–Kier alpha value is -1.88. The van der Waals surface area contributed by atoms with E-state index in [1.54, 1.807) is 12.1 Å². The van der Waals surface area contributed by atoms with Crippen molar-refractivity contribution in [3.8, 4) is 11.5 Å². The van der Waals surface area contributed by atoms with Crippen molar-refractivity contribution in [3.63, 3.8) is 0 Å². The molecule has 2 aromatic carbocycles. The van der Waals surface area contributed by atoms with Crippen molar-refractivity contribution in [1.82, 2.24) is 0 Å². The molecule has 0 spiro atoms. The third kappa shape index (κ3) is 2.68. The zero-order chi connectivity index (χ0) is 13.1. The number of rotatable bonds is 3. The van der Waals surface area contributed by atoms with Gasteiger partial charge in [0.2, 0.25) is 0 Å². The standard InChI is InChI=1S/C13H8BrFO3/c14-10-6-5-8(15)7-12(10)18-11-4-2-1-3-9(11)13(16)17/h1-7H,(H,16,17). The van der Waals surface area contributed by atoms with Gasteiger partial charge in [0.05, 0.1) is 4.47 Å². The normalized spacial score (nSPS) is 10.1. The average Bonchev–Trinajstić information content (AvgIpc) is 2.34. The first-order valence-corrected chi connectivity index (χ1v) is 5.82. The van der Waals surface area contributed by atoms with E-state index in [0.29, 0.717) is 4.47 Å². The van der Waals surface area contributed by atoms with Crippen molar-refractivity contribution in [2.45, 2.75) is 0 Å². The average molecular weight is 311 g/mol. The fourth-order valence-electron chi connectivity index (χ4n) is 1.41. The number of carboxylic acid groups (broad SMARTS) is 1. The van der Waals surface area contributed by atoms with Crippen LogP contribution in [0.3, 0.4) is 0 Å². The van der Waals surface area contributed by atoms with Gasteiger partial charge in [0, 0.05) is 6.07 Å². The molecule has 0 saturated carbocycles. The van der Waals surface area contributed by atoms with Crippen LogP contribution in [0.2, 0.25) is 0 Å². The molecule has 5 heteroatoms. The van der Waals surface area contributed by atoms with E-state index in [1.807, 2.05) is 0 Å². The number of halogens is 2. The van der Waals surface area contributed by atoms with Gasteiger partial charge in [0.1, 0.15) is 22.9 Å². The lowest BCUT2D eigenvalue weighted by Gasteiger charge is -2.10. The molecular weight excluding hydrogens is 303 g/mol. The molecule has 0 saturated heterocycles. The largest absolute Gasteiger partial charge is 0.478 e. The molecule has 0 unspecified atom stereocenters. The van der Waals surface area contributed by atoms with Crippen LogP contribution >= 0.6 is 15.9 Å². The lowest BCUT2D eigenvalue weighted by Crippen LogP contribution is -1.99. The summed E-state index contributed by atoms with van der Waals surface area (Å²) in [6.07, 6.45) is 0. The summed E-state index contributed by atoms with van der Waals surface area (Å²) < 4.78 is 19.1. The van der Waals surface area contributed by atoms with Crippen LogP contribution in [-0.2, 0) is 0 Å². The van der Waals surface area contributed by atoms with Crippen molar-refractivity contribution >= 4 is 21.9 Å². The fourth-order valence-corrected chi connectivity index (χ4v) is 1.73. The molecule has 0 fully saturated rings. The van der Waals surface area contributed by atoms with E-state index < -0.39 is 11.8 Å². The van der Waals surface area contributed by atoms with Gasteiger partial charge in [-0.2, -0.15) is 0 Å². The van der Waals surface area contributed by atoms with Crippen LogP contribution in [0.4, 0.5) is 4.39 Å². The van der Waals surface area contributed by atoms with Gasteiger partial charge in [-0.05, 0) is 40.2 Å². The van der Waals surface area contributed by atoms with Crippen molar-refractivity contribution in [2.24, 2.45) is 0 Å². The summed E-state index contributed by atoms with van der Waals surface area (Å²) >= 11 is 3.21. The van der Waals surface area contributed by atoms with Crippen LogP contribution in [0.5, 0.6) is 11.5 Å². The van der Waals surface area contributed by atoms with Crippen LogP contribution in [0.1, 0.15) is 10.4 Å². The van der Waals surface area contributed by atoms with Gasteiger partial charge in [-0.1, -0.05) is 12.1 Å². The van der Waals surface area contributed by atoms with Crippen molar-refractivity contribution < 1.29 is 19.0 Å². The second-order valence-corrected chi connectivity index (χ2v) is 4.33. The number of para-hydroxylation sites is 1. The Morgan fingerprint density at radius 1 is 1.17 bits per heavy atom. The Morgan fingerprint density at radius 3 is 2.61 bits per heavy atom. The Kier molecular flexibility index (Phi) is 3.62.